The fourth-order valence-corrected chi connectivity index (χ4v) is 10.1. The number of fused-ring (bicyclic) bond motifs is 2. The van der Waals surface area contributed by atoms with Gasteiger partial charge in [-0.3, -0.25) is 19.4 Å². The molecule has 2 fully saturated rings. The van der Waals surface area contributed by atoms with Crippen molar-refractivity contribution in [2.45, 2.75) is 60.1 Å². The van der Waals surface area contributed by atoms with Gasteiger partial charge in [0.1, 0.15) is 34.6 Å². The van der Waals surface area contributed by atoms with Crippen LogP contribution in [-0.4, -0.2) is 126 Å². The number of pyridine rings is 2. The number of nitrogens with zero attached hydrogens (tertiary/aromatic N) is 10. The molecule has 24 heteroatoms. The maximum Gasteiger partial charge on any atom is 0.416 e. The van der Waals surface area contributed by atoms with E-state index >= 15 is 0 Å². The molecule has 0 saturated carbocycles. The normalized spacial score (nSPS) is 14.8. The predicted octanol–water partition coefficient (Wildman–Crippen LogP) is 11.5. The van der Waals surface area contributed by atoms with Gasteiger partial charge in [-0.1, -0.05) is 26.0 Å². The van der Waals surface area contributed by atoms with Gasteiger partial charge in [0.15, 0.2) is 0 Å². The summed E-state index contributed by atoms with van der Waals surface area (Å²) in [6.45, 7) is 17.7. The minimum atomic E-state index is -4.49. The predicted molar refractivity (Wildman–Crippen MR) is 308 cm³/mol. The molecule has 4 aromatic carbocycles. The summed E-state index contributed by atoms with van der Waals surface area (Å²) >= 11 is 0. The van der Waals surface area contributed by atoms with E-state index in [2.05, 4.69) is 74.7 Å². The van der Waals surface area contributed by atoms with E-state index in [-0.39, 0.29) is 36.0 Å². The molecule has 438 valence electrons. The molecule has 2 saturated heterocycles. The van der Waals surface area contributed by atoms with Crippen LogP contribution in [0.15, 0.2) is 103 Å². The minimum absolute atomic E-state index is 0.241. The third-order valence-corrected chi connectivity index (χ3v) is 14.6. The second-order valence-electron chi connectivity index (χ2n) is 20.4. The Hall–Kier alpha value is -8.32. The maximum atomic E-state index is 14.1. The Morgan fingerprint density at radius 3 is 1.47 bits per heavy atom. The SMILES string of the molecule is CCN1CCN(Cc2ccc(Nc3nc4ccc(Oc5ccnc(NC(C)=O)c5)c(C)c4n3C)cc2C(F)(F)F)CC1.CCN1CCN(Cc2ccc(Nc3nc4ccc(Oc5ccnc(NC(C)=O)c5)cc4n3C)cc2C(F)(F)F)CC1. The lowest BCUT2D eigenvalue weighted by Gasteiger charge is -2.34. The highest BCUT2D eigenvalue weighted by molar-refractivity contribution is 5.89. The number of likely N-dealkylation sites (N-methyl/N-ethyl adjacent to an activating group) is 2. The van der Waals surface area contributed by atoms with Crippen LogP contribution in [0, 0.1) is 6.92 Å². The Morgan fingerprint density at radius 1 is 0.542 bits per heavy atom. The molecule has 10 rings (SSSR count). The molecule has 6 heterocycles. The Bertz CT molecular complexity index is 3610. The molecular formula is C59H66F6N14O4. The average molecular weight is 1150 g/mol. The number of carbonyl (C=O) groups excluding carboxylic acids is 2. The molecule has 0 atom stereocenters. The van der Waals surface area contributed by atoms with Gasteiger partial charge in [0, 0.05) is 141 Å². The van der Waals surface area contributed by atoms with E-state index in [1.165, 1.54) is 26.2 Å². The van der Waals surface area contributed by atoms with Crippen LogP contribution >= 0.6 is 0 Å². The van der Waals surface area contributed by atoms with Crippen molar-refractivity contribution in [3.8, 4) is 23.0 Å². The van der Waals surface area contributed by atoms with Gasteiger partial charge in [-0.05, 0) is 91.8 Å². The number of ether oxygens (including phenoxy) is 2. The number of imidazole rings is 2. The van der Waals surface area contributed by atoms with E-state index in [1.807, 2.05) is 6.92 Å². The first kappa shape index (κ1) is 59.3. The van der Waals surface area contributed by atoms with E-state index in [1.54, 1.807) is 102 Å². The first-order valence-electron chi connectivity index (χ1n) is 27.2. The van der Waals surface area contributed by atoms with Crippen molar-refractivity contribution < 1.29 is 45.4 Å². The molecule has 8 aromatic rings. The summed E-state index contributed by atoms with van der Waals surface area (Å²) < 4.78 is 100. The molecular weight excluding hydrogens is 1080 g/mol. The summed E-state index contributed by atoms with van der Waals surface area (Å²) in [6.07, 6.45) is -5.91. The number of halogens is 6. The Balaban J connectivity index is 0.000000200. The maximum absolute atomic E-state index is 14.1. The van der Waals surface area contributed by atoms with Gasteiger partial charge in [0.2, 0.25) is 23.7 Å². The van der Waals surface area contributed by atoms with Crippen LogP contribution in [0.1, 0.15) is 55.5 Å². The van der Waals surface area contributed by atoms with Crippen LogP contribution < -0.4 is 30.7 Å². The monoisotopic (exact) mass is 1150 g/mol. The zero-order chi connectivity index (χ0) is 59.2. The first-order chi connectivity index (χ1) is 39.6. The van der Waals surface area contributed by atoms with Gasteiger partial charge in [-0.15, -0.1) is 0 Å². The Morgan fingerprint density at radius 2 is 0.988 bits per heavy atom. The van der Waals surface area contributed by atoms with Gasteiger partial charge in [-0.25, -0.2) is 19.9 Å². The first-order valence-corrected chi connectivity index (χ1v) is 27.2. The van der Waals surface area contributed by atoms with Crippen molar-refractivity contribution in [1.29, 1.82) is 0 Å². The Labute approximate surface area is 476 Å². The molecule has 0 unspecified atom stereocenters. The summed E-state index contributed by atoms with van der Waals surface area (Å²) in [5.41, 5.74) is 3.43. The lowest BCUT2D eigenvalue weighted by Crippen LogP contribution is -2.45. The third-order valence-electron chi connectivity index (χ3n) is 14.6. The number of aromatic nitrogens is 6. The van der Waals surface area contributed by atoms with Gasteiger partial charge in [0.05, 0.1) is 33.2 Å². The van der Waals surface area contributed by atoms with Crippen molar-refractivity contribution in [3.63, 3.8) is 0 Å². The minimum Gasteiger partial charge on any atom is -0.457 e. The van der Waals surface area contributed by atoms with Crippen LogP contribution in [0.2, 0.25) is 0 Å². The third kappa shape index (κ3) is 14.8. The van der Waals surface area contributed by atoms with E-state index < -0.39 is 23.5 Å². The number of carbonyl (C=O) groups is 2. The van der Waals surface area contributed by atoms with Crippen LogP contribution in [0.3, 0.4) is 0 Å². The molecule has 0 aliphatic carbocycles. The molecule has 4 aromatic heterocycles. The number of amides is 2. The second-order valence-corrected chi connectivity index (χ2v) is 20.4. The van der Waals surface area contributed by atoms with Gasteiger partial charge in [-0.2, -0.15) is 26.3 Å². The number of anilines is 6. The zero-order valence-electron chi connectivity index (χ0n) is 47.2. The molecule has 2 aliphatic heterocycles. The number of alkyl halides is 6. The highest BCUT2D eigenvalue weighted by Gasteiger charge is 2.36. The summed E-state index contributed by atoms with van der Waals surface area (Å²) in [5.74, 6) is 3.11. The van der Waals surface area contributed by atoms with Gasteiger partial charge >= 0.3 is 12.4 Å². The van der Waals surface area contributed by atoms with Gasteiger partial charge < -0.3 is 49.7 Å². The zero-order valence-corrected chi connectivity index (χ0v) is 47.2. The molecule has 2 aliphatic rings. The van der Waals surface area contributed by atoms with E-state index in [9.17, 15) is 35.9 Å². The number of nitrogens with one attached hydrogen (secondary N) is 4. The van der Waals surface area contributed by atoms with Crippen LogP contribution in [0.4, 0.5) is 61.2 Å². The fourth-order valence-electron chi connectivity index (χ4n) is 10.1. The summed E-state index contributed by atoms with van der Waals surface area (Å²) in [4.78, 5) is 48.8. The standard InChI is InChI=1S/C30H34F3N7O2.C29H32F3N7O2/c1-5-39-12-14-40(15-13-39)18-21-6-7-22(16-24(21)30(31,32)33)36-29-37-25-8-9-26(19(2)28(25)38(29)4)42-23-10-11-34-27(17-23)35-20(3)41;1-4-38-11-13-39(14-12-38)18-20-5-6-21(15-24(20)29(30,31)32)35-28-36-25-8-7-22(16-26(25)37(28)3)41-23-9-10-33-27(17-23)34-19(2)40/h6-11,16-17H,5,12-15,18H2,1-4H3,(H,36,37)(H,34,35,41);5-10,15-17H,4,11-14,18H2,1-3H3,(H,35,36)(H,33,34,40). The number of aryl methyl sites for hydroxylation is 3. The van der Waals surface area contributed by atoms with Gasteiger partial charge in [0.25, 0.3) is 0 Å². The molecule has 4 N–H and O–H groups in total. The molecule has 0 spiro atoms. The summed E-state index contributed by atoms with van der Waals surface area (Å²) in [5, 5.41) is 11.4. The summed E-state index contributed by atoms with van der Waals surface area (Å²) in [6, 6.07) is 24.2. The molecule has 0 radical (unpaired) electrons. The number of rotatable bonds is 16. The average Bonchev–Trinajstić information content (AvgIpc) is 4.08. The van der Waals surface area contributed by atoms with Crippen molar-refractivity contribution in [3.05, 3.63) is 131 Å². The number of piperazine rings is 2. The van der Waals surface area contributed by atoms with Crippen LogP contribution in [0.25, 0.3) is 22.1 Å². The van der Waals surface area contributed by atoms with Crippen LogP contribution in [-0.2, 0) is 49.1 Å². The Kier molecular flexibility index (Phi) is 18.2. The highest BCUT2D eigenvalue weighted by atomic mass is 19.4. The van der Waals surface area contributed by atoms with E-state index in [0.717, 1.165) is 94.2 Å². The highest BCUT2D eigenvalue weighted by Crippen LogP contribution is 2.39. The molecule has 18 nitrogen and oxygen atoms in total. The van der Waals surface area contributed by atoms with Crippen molar-refractivity contribution in [2.24, 2.45) is 14.1 Å². The van der Waals surface area contributed by atoms with Crippen molar-refractivity contribution >= 4 is 68.8 Å². The number of benzene rings is 4. The van der Waals surface area contributed by atoms with E-state index in [4.69, 9.17) is 9.47 Å². The van der Waals surface area contributed by atoms with Crippen molar-refractivity contribution in [2.75, 3.05) is 86.7 Å². The lowest BCUT2D eigenvalue weighted by molar-refractivity contribution is -0.139. The smallest absolute Gasteiger partial charge is 0.416 e. The largest absolute Gasteiger partial charge is 0.457 e. The van der Waals surface area contributed by atoms with Crippen LogP contribution in [0.5, 0.6) is 23.0 Å². The fraction of sp³-hybridized carbons (Fsp3) is 0.356. The topological polar surface area (TPSA) is 175 Å². The van der Waals surface area contributed by atoms with E-state index in [0.29, 0.717) is 68.9 Å². The van der Waals surface area contributed by atoms with Crippen molar-refractivity contribution in [1.82, 2.24) is 48.7 Å². The number of hydrogen-bond donors (Lipinski definition) is 4. The summed E-state index contributed by atoms with van der Waals surface area (Å²) in [7, 11) is 3.57. The molecule has 83 heavy (non-hydrogen) atoms. The number of hydrogen-bond acceptors (Lipinski definition) is 14. The molecule has 2 amide bonds. The molecule has 0 bridgehead atoms. The lowest BCUT2D eigenvalue weighted by atomic mass is 10.0. The second kappa shape index (κ2) is 25.4. The quantitative estimate of drug-likeness (QED) is 0.0673.